The van der Waals surface area contributed by atoms with Gasteiger partial charge in [-0.25, -0.2) is 0 Å². The molecule has 0 unspecified atom stereocenters. The molecule has 2 N–H and O–H groups in total. The molecule has 3 aliphatic heterocycles. The van der Waals surface area contributed by atoms with Crippen LogP contribution in [0.25, 0.3) is 0 Å². The SMILES string of the molecule is C[NH+](C)CCO/N=C1/C[NH+]2CCC1CC2. The van der Waals surface area contributed by atoms with Crippen molar-refractivity contribution in [1.29, 1.82) is 0 Å². The number of nitrogens with one attached hydrogen (secondary N) is 2. The van der Waals surface area contributed by atoms with E-state index in [2.05, 4.69) is 19.3 Å². The lowest BCUT2D eigenvalue weighted by atomic mass is 9.87. The van der Waals surface area contributed by atoms with Crippen molar-refractivity contribution in [2.45, 2.75) is 12.8 Å². The highest BCUT2D eigenvalue weighted by molar-refractivity contribution is 5.88. The fraction of sp³-hybridized carbons (Fsp3) is 0.909. The molecule has 3 fully saturated rings. The maximum Gasteiger partial charge on any atom is 0.165 e. The van der Waals surface area contributed by atoms with Gasteiger partial charge in [-0.1, -0.05) is 5.16 Å². The first-order valence-corrected chi connectivity index (χ1v) is 6.07. The first-order chi connectivity index (χ1) is 7.25. The molecule has 0 amide bonds. The minimum Gasteiger partial charge on any atom is -0.390 e. The summed E-state index contributed by atoms with van der Waals surface area (Å²) in [4.78, 5) is 8.49. The second kappa shape index (κ2) is 4.94. The van der Waals surface area contributed by atoms with Gasteiger partial charge in [0.1, 0.15) is 18.8 Å². The van der Waals surface area contributed by atoms with Crippen molar-refractivity contribution in [2.24, 2.45) is 11.1 Å². The van der Waals surface area contributed by atoms with Gasteiger partial charge in [-0.15, -0.1) is 0 Å². The van der Waals surface area contributed by atoms with Crippen LogP contribution in [0.3, 0.4) is 0 Å². The second-order valence-corrected chi connectivity index (χ2v) is 5.07. The van der Waals surface area contributed by atoms with Crippen LogP contribution in [0.2, 0.25) is 0 Å². The van der Waals surface area contributed by atoms with E-state index in [0.717, 1.165) is 25.6 Å². The Balaban J connectivity index is 1.76. The number of fused-ring (bicyclic) bond motifs is 3. The van der Waals surface area contributed by atoms with E-state index in [-0.39, 0.29) is 0 Å². The predicted octanol–water partition coefficient (Wildman–Crippen LogP) is -2.19. The fourth-order valence-electron chi connectivity index (χ4n) is 2.42. The zero-order valence-electron chi connectivity index (χ0n) is 9.88. The first-order valence-electron chi connectivity index (χ1n) is 6.07. The van der Waals surface area contributed by atoms with Crippen molar-refractivity contribution in [2.75, 3.05) is 46.9 Å². The zero-order valence-corrected chi connectivity index (χ0v) is 9.88. The molecule has 0 aromatic rings. The van der Waals surface area contributed by atoms with Crippen molar-refractivity contribution < 1.29 is 14.6 Å². The summed E-state index contributed by atoms with van der Waals surface area (Å²) in [5, 5.41) is 4.32. The Morgan fingerprint density at radius 3 is 2.67 bits per heavy atom. The number of hydrogen-bond acceptors (Lipinski definition) is 2. The van der Waals surface area contributed by atoms with Crippen LogP contribution in [-0.4, -0.2) is 52.6 Å². The third-order valence-electron chi connectivity index (χ3n) is 3.47. The van der Waals surface area contributed by atoms with E-state index in [1.54, 1.807) is 4.90 Å². The van der Waals surface area contributed by atoms with Crippen LogP contribution in [0.15, 0.2) is 5.16 Å². The van der Waals surface area contributed by atoms with Gasteiger partial charge in [0.25, 0.3) is 0 Å². The number of nitrogens with zero attached hydrogens (tertiary/aromatic N) is 1. The molecule has 3 saturated heterocycles. The Morgan fingerprint density at radius 2 is 2.13 bits per heavy atom. The molecule has 4 nitrogen and oxygen atoms in total. The maximum absolute atomic E-state index is 5.39. The van der Waals surface area contributed by atoms with E-state index >= 15 is 0 Å². The van der Waals surface area contributed by atoms with Crippen LogP contribution in [0.1, 0.15) is 12.8 Å². The molecular weight excluding hydrogens is 190 g/mol. The van der Waals surface area contributed by atoms with Crippen molar-refractivity contribution in [1.82, 2.24) is 0 Å². The number of hydrogen-bond donors (Lipinski definition) is 2. The highest BCUT2D eigenvalue weighted by Gasteiger charge is 2.34. The minimum absolute atomic E-state index is 0.731. The molecule has 0 atom stereocenters. The smallest absolute Gasteiger partial charge is 0.165 e. The third kappa shape index (κ3) is 2.92. The summed E-state index contributed by atoms with van der Waals surface area (Å²) in [6, 6.07) is 0. The molecule has 2 bridgehead atoms. The van der Waals surface area contributed by atoms with E-state index in [9.17, 15) is 0 Å². The van der Waals surface area contributed by atoms with Gasteiger partial charge in [0.15, 0.2) is 6.61 Å². The predicted molar refractivity (Wildman–Crippen MR) is 59.4 cm³/mol. The number of rotatable bonds is 4. The average Bonchev–Trinajstić information content (AvgIpc) is 2.26. The van der Waals surface area contributed by atoms with E-state index < -0.39 is 0 Å². The molecule has 4 heteroatoms. The van der Waals surface area contributed by atoms with Crippen molar-refractivity contribution in [3.8, 4) is 0 Å². The van der Waals surface area contributed by atoms with Gasteiger partial charge < -0.3 is 14.6 Å². The summed E-state index contributed by atoms with van der Waals surface area (Å²) in [5.41, 5.74) is 1.32. The molecule has 0 aliphatic carbocycles. The Labute approximate surface area is 91.9 Å². The third-order valence-corrected chi connectivity index (χ3v) is 3.47. The molecule has 0 aromatic heterocycles. The highest BCUT2D eigenvalue weighted by Crippen LogP contribution is 2.15. The van der Waals surface area contributed by atoms with E-state index in [1.165, 1.54) is 36.5 Å². The molecule has 15 heavy (non-hydrogen) atoms. The molecular formula is C11H23N3O+2. The number of likely N-dealkylation sites (N-methyl/N-ethyl adjacent to an activating group) is 1. The molecule has 0 saturated carbocycles. The summed E-state index contributed by atoms with van der Waals surface area (Å²) in [7, 11) is 4.27. The molecule has 3 rings (SSSR count). The van der Waals surface area contributed by atoms with Gasteiger partial charge in [0.2, 0.25) is 0 Å². The fourth-order valence-corrected chi connectivity index (χ4v) is 2.42. The Kier molecular flexibility index (Phi) is 3.59. The molecule has 0 spiro atoms. The standard InChI is InChI=1S/C11H21N3O/c1-13(2)7-8-15-12-11-9-14-5-3-10(11)4-6-14/h10H,3-9H2,1-2H3/p+2/b12-11-. The number of oxime groups is 1. The van der Waals surface area contributed by atoms with Crippen LogP contribution in [0.4, 0.5) is 0 Å². The van der Waals surface area contributed by atoms with Crippen LogP contribution in [-0.2, 0) is 4.84 Å². The van der Waals surface area contributed by atoms with E-state index in [4.69, 9.17) is 4.84 Å². The van der Waals surface area contributed by atoms with Crippen LogP contribution in [0.5, 0.6) is 0 Å². The van der Waals surface area contributed by atoms with Crippen LogP contribution < -0.4 is 9.80 Å². The average molecular weight is 213 g/mol. The lowest BCUT2D eigenvalue weighted by Gasteiger charge is -2.36. The molecule has 86 valence electrons. The number of piperidine rings is 3. The van der Waals surface area contributed by atoms with E-state index in [0.29, 0.717) is 0 Å². The maximum atomic E-state index is 5.39. The van der Waals surface area contributed by atoms with Gasteiger partial charge in [-0.3, -0.25) is 0 Å². The second-order valence-electron chi connectivity index (χ2n) is 5.07. The largest absolute Gasteiger partial charge is 0.390 e. The van der Waals surface area contributed by atoms with E-state index in [1.807, 2.05) is 0 Å². The van der Waals surface area contributed by atoms with Crippen molar-refractivity contribution >= 4 is 5.71 Å². The van der Waals surface area contributed by atoms with Gasteiger partial charge in [0, 0.05) is 18.8 Å². The lowest BCUT2D eigenvalue weighted by molar-refractivity contribution is -0.902. The van der Waals surface area contributed by atoms with Gasteiger partial charge >= 0.3 is 0 Å². The van der Waals surface area contributed by atoms with Crippen LogP contribution in [0, 0.1) is 5.92 Å². The lowest BCUT2D eigenvalue weighted by Crippen LogP contribution is -3.16. The minimum atomic E-state index is 0.731. The van der Waals surface area contributed by atoms with Gasteiger partial charge in [-0.2, -0.15) is 0 Å². The van der Waals surface area contributed by atoms with Crippen LogP contribution >= 0.6 is 0 Å². The molecule has 3 heterocycles. The summed E-state index contributed by atoms with van der Waals surface area (Å²) < 4.78 is 0. The van der Waals surface area contributed by atoms with Crippen molar-refractivity contribution in [3.05, 3.63) is 0 Å². The monoisotopic (exact) mass is 213 g/mol. The summed E-state index contributed by atoms with van der Waals surface area (Å²) >= 11 is 0. The Bertz CT molecular complexity index is 232. The van der Waals surface area contributed by atoms with Gasteiger partial charge in [0.05, 0.1) is 27.2 Å². The topological polar surface area (TPSA) is 30.5 Å². The molecule has 3 aliphatic rings. The highest BCUT2D eigenvalue weighted by atomic mass is 16.6. The Morgan fingerprint density at radius 1 is 1.40 bits per heavy atom. The van der Waals surface area contributed by atoms with Gasteiger partial charge in [-0.05, 0) is 0 Å². The number of quaternary nitrogens is 2. The summed E-state index contributed by atoms with van der Waals surface area (Å²) in [6.45, 7) is 5.57. The first kappa shape index (κ1) is 10.9. The molecule has 0 aromatic carbocycles. The Hall–Kier alpha value is -0.610. The zero-order chi connectivity index (χ0) is 10.7. The summed E-state index contributed by atoms with van der Waals surface area (Å²) in [5.74, 6) is 0.731. The summed E-state index contributed by atoms with van der Waals surface area (Å²) in [6.07, 6.45) is 2.63. The quantitative estimate of drug-likeness (QED) is 0.403. The normalized spacial score (nSPS) is 32.6. The molecule has 0 radical (unpaired) electrons. The van der Waals surface area contributed by atoms with Crippen molar-refractivity contribution in [3.63, 3.8) is 0 Å².